The van der Waals surface area contributed by atoms with Crippen LogP contribution in [0.2, 0.25) is 0 Å². The van der Waals surface area contributed by atoms with Crippen LogP contribution in [0.4, 0.5) is 0 Å². The number of rotatable bonds is 3. The number of aromatic nitrogens is 6. The second-order valence-corrected chi connectivity index (χ2v) is 8.56. The van der Waals surface area contributed by atoms with Crippen molar-refractivity contribution in [3.8, 4) is 0 Å². The molecule has 1 unspecified atom stereocenters. The molecule has 1 amide bonds. The summed E-state index contributed by atoms with van der Waals surface area (Å²) >= 11 is 0. The zero-order valence-corrected chi connectivity index (χ0v) is 16.9. The first-order chi connectivity index (χ1) is 13.3. The summed E-state index contributed by atoms with van der Waals surface area (Å²) in [6.07, 6.45) is 5.25. The molecule has 0 spiro atoms. The Morgan fingerprint density at radius 1 is 1.18 bits per heavy atom. The normalized spacial score (nSPS) is 17.2. The van der Waals surface area contributed by atoms with Gasteiger partial charge in [-0.05, 0) is 38.0 Å². The molecule has 0 aromatic carbocycles. The van der Waals surface area contributed by atoms with Crippen molar-refractivity contribution in [3.63, 3.8) is 0 Å². The standard InChI is InChI=1S/C20H27N7O/c1-14(26-11-5-10-21-26)19(28)25-12-8-15(9-13-25)18-23-22-17-7-6-16(20(2,3)4)24-27(17)18/h5-7,10-11,14-15H,8-9,12-13H2,1-4H3. The predicted molar refractivity (Wildman–Crippen MR) is 105 cm³/mol. The third kappa shape index (κ3) is 3.39. The summed E-state index contributed by atoms with van der Waals surface area (Å²) in [5.74, 6) is 1.26. The molecule has 8 heteroatoms. The maximum Gasteiger partial charge on any atom is 0.247 e. The van der Waals surface area contributed by atoms with E-state index in [1.165, 1.54) is 0 Å². The van der Waals surface area contributed by atoms with E-state index in [1.807, 2.05) is 40.7 Å². The number of hydrogen-bond donors (Lipinski definition) is 0. The van der Waals surface area contributed by atoms with E-state index < -0.39 is 0 Å². The largest absolute Gasteiger partial charge is 0.341 e. The number of likely N-dealkylation sites (tertiary alicyclic amines) is 1. The fraction of sp³-hybridized carbons (Fsp3) is 0.550. The van der Waals surface area contributed by atoms with Crippen molar-refractivity contribution in [2.75, 3.05) is 13.1 Å². The van der Waals surface area contributed by atoms with Crippen LogP contribution in [-0.4, -0.2) is 53.5 Å². The predicted octanol–water partition coefficient (Wildman–Crippen LogP) is 2.59. The topological polar surface area (TPSA) is 81.2 Å². The second-order valence-electron chi connectivity index (χ2n) is 8.56. The summed E-state index contributed by atoms with van der Waals surface area (Å²) in [5, 5.41) is 17.7. The monoisotopic (exact) mass is 381 g/mol. The van der Waals surface area contributed by atoms with E-state index in [4.69, 9.17) is 5.10 Å². The number of amides is 1. The Balaban J connectivity index is 1.49. The van der Waals surface area contributed by atoms with Gasteiger partial charge in [-0.1, -0.05) is 20.8 Å². The molecule has 0 N–H and O–H groups in total. The Hall–Kier alpha value is -2.77. The highest BCUT2D eigenvalue weighted by atomic mass is 16.2. The van der Waals surface area contributed by atoms with Crippen LogP contribution in [0.1, 0.15) is 64.0 Å². The van der Waals surface area contributed by atoms with Gasteiger partial charge in [-0.3, -0.25) is 9.48 Å². The van der Waals surface area contributed by atoms with E-state index >= 15 is 0 Å². The third-order valence-corrected chi connectivity index (χ3v) is 5.51. The van der Waals surface area contributed by atoms with Gasteiger partial charge in [0.1, 0.15) is 6.04 Å². The summed E-state index contributed by atoms with van der Waals surface area (Å²) < 4.78 is 3.59. The van der Waals surface area contributed by atoms with Crippen LogP contribution in [0, 0.1) is 0 Å². The van der Waals surface area contributed by atoms with Gasteiger partial charge in [0, 0.05) is 36.8 Å². The van der Waals surface area contributed by atoms with E-state index in [9.17, 15) is 4.79 Å². The first kappa shape index (κ1) is 18.6. The molecule has 0 aliphatic carbocycles. The molecule has 0 saturated carbocycles. The van der Waals surface area contributed by atoms with Crippen molar-refractivity contribution >= 4 is 11.6 Å². The molecule has 4 rings (SSSR count). The maximum absolute atomic E-state index is 12.8. The fourth-order valence-corrected chi connectivity index (χ4v) is 3.71. The molecule has 1 fully saturated rings. The first-order valence-electron chi connectivity index (χ1n) is 9.85. The molecule has 1 aliphatic heterocycles. The van der Waals surface area contributed by atoms with Crippen molar-refractivity contribution < 1.29 is 4.79 Å². The van der Waals surface area contributed by atoms with E-state index in [1.54, 1.807) is 10.9 Å². The van der Waals surface area contributed by atoms with Gasteiger partial charge in [0.25, 0.3) is 0 Å². The van der Waals surface area contributed by atoms with E-state index in [0.717, 1.165) is 30.0 Å². The quantitative estimate of drug-likeness (QED) is 0.696. The van der Waals surface area contributed by atoms with Crippen molar-refractivity contribution in [3.05, 3.63) is 42.1 Å². The minimum absolute atomic E-state index is 0.0336. The number of carbonyl (C=O) groups is 1. The summed E-state index contributed by atoms with van der Waals surface area (Å²) in [6.45, 7) is 9.76. The molecule has 3 aromatic rings. The van der Waals surface area contributed by atoms with Crippen LogP contribution in [0.3, 0.4) is 0 Å². The molecule has 1 aliphatic rings. The van der Waals surface area contributed by atoms with Gasteiger partial charge in [-0.15, -0.1) is 10.2 Å². The molecule has 148 valence electrons. The van der Waals surface area contributed by atoms with E-state index in [-0.39, 0.29) is 23.3 Å². The lowest BCUT2D eigenvalue weighted by Gasteiger charge is -2.32. The average Bonchev–Trinajstić information content (AvgIpc) is 3.35. The van der Waals surface area contributed by atoms with E-state index in [2.05, 4.69) is 36.1 Å². The van der Waals surface area contributed by atoms with Crippen molar-refractivity contribution in [1.82, 2.24) is 34.5 Å². The highest BCUT2D eigenvalue weighted by molar-refractivity contribution is 5.80. The minimum atomic E-state index is -0.281. The van der Waals surface area contributed by atoms with E-state index in [0.29, 0.717) is 13.1 Å². The second kappa shape index (κ2) is 7.00. The van der Waals surface area contributed by atoms with Crippen LogP contribution in [0.25, 0.3) is 5.65 Å². The summed E-state index contributed by atoms with van der Waals surface area (Å²) in [6, 6.07) is 5.56. The Bertz CT molecular complexity index is 962. The summed E-state index contributed by atoms with van der Waals surface area (Å²) in [5.41, 5.74) is 1.75. The number of carbonyl (C=O) groups excluding carboxylic acids is 1. The third-order valence-electron chi connectivity index (χ3n) is 5.51. The Labute approximate surface area is 164 Å². The lowest BCUT2D eigenvalue weighted by Crippen LogP contribution is -2.41. The SMILES string of the molecule is CC(C(=O)N1CCC(c2nnc3ccc(C(C)(C)C)nn23)CC1)n1cccn1. The molecular weight excluding hydrogens is 354 g/mol. The lowest BCUT2D eigenvalue weighted by atomic mass is 9.92. The highest BCUT2D eigenvalue weighted by Gasteiger charge is 2.30. The molecule has 4 heterocycles. The molecular formula is C20H27N7O. The van der Waals surface area contributed by atoms with Crippen molar-refractivity contribution in [2.24, 2.45) is 0 Å². The van der Waals surface area contributed by atoms with Gasteiger partial charge in [0.2, 0.25) is 5.91 Å². The zero-order chi connectivity index (χ0) is 19.9. The number of piperidine rings is 1. The molecule has 0 bridgehead atoms. The summed E-state index contributed by atoms with van der Waals surface area (Å²) in [4.78, 5) is 14.7. The maximum atomic E-state index is 12.8. The van der Waals surface area contributed by atoms with Gasteiger partial charge in [0.05, 0.1) is 5.69 Å². The smallest absolute Gasteiger partial charge is 0.247 e. The van der Waals surface area contributed by atoms with Crippen LogP contribution in [0.5, 0.6) is 0 Å². The van der Waals surface area contributed by atoms with Gasteiger partial charge in [-0.2, -0.15) is 14.7 Å². The van der Waals surface area contributed by atoms with Crippen LogP contribution >= 0.6 is 0 Å². The average molecular weight is 381 g/mol. The first-order valence-corrected chi connectivity index (χ1v) is 9.85. The van der Waals surface area contributed by atoms with Gasteiger partial charge >= 0.3 is 0 Å². The van der Waals surface area contributed by atoms with Gasteiger partial charge in [-0.25, -0.2) is 0 Å². The Kier molecular flexibility index (Phi) is 4.64. The molecule has 0 radical (unpaired) electrons. The minimum Gasteiger partial charge on any atom is -0.341 e. The van der Waals surface area contributed by atoms with Crippen LogP contribution in [-0.2, 0) is 10.2 Å². The highest BCUT2D eigenvalue weighted by Crippen LogP contribution is 2.28. The van der Waals surface area contributed by atoms with Crippen LogP contribution < -0.4 is 0 Å². The lowest BCUT2D eigenvalue weighted by molar-refractivity contribution is -0.135. The zero-order valence-electron chi connectivity index (χ0n) is 16.9. The summed E-state index contributed by atoms with van der Waals surface area (Å²) in [7, 11) is 0. The molecule has 1 saturated heterocycles. The Morgan fingerprint density at radius 3 is 2.57 bits per heavy atom. The number of nitrogens with zero attached hydrogens (tertiary/aromatic N) is 7. The van der Waals surface area contributed by atoms with Gasteiger partial charge in [0.15, 0.2) is 11.5 Å². The molecule has 1 atom stereocenters. The molecule has 3 aromatic heterocycles. The number of hydrogen-bond acceptors (Lipinski definition) is 5. The van der Waals surface area contributed by atoms with Crippen molar-refractivity contribution in [1.29, 1.82) is 0 Å². The van der Waals surface area contributed by atoms with Crippen LogP contribution in [0.15, 0.2) is 30.6 Å². The van der Waals surface area contributed by atoms with Crippen molar-refractivity contribution in [2.45, 2.75) is 57.9 Å². The Morgan fingerprint density at radius 2 is 1.93 bits per heavy atom. The molecule has 28 heavy (non-hydrogen) atoms. The number of fused-ring (bicyclic) bond motifs is 1. The van der Waals surface area contributed by atoms with Gasteiger partial charge < -0.3 is 4.90 Å². The molecule has 8 nitrogen and oxygen atoms in total. The fourth-order valence-electron chi connectivity index (χ4n) is 3.71.